The number of sulfonamides is 1. The Morgan fingerprint density at radius 2 is 1.61 bits per heavy atom. The molecule has 1 aliphatic heterocycles. The first-order valence-corrected chi connectivity index (χ1v) is 15.3. The van der Waals surface area contributed by atoms with Crippen molar-refractivity contribution in [2.24, 2.45) is 5.92 Å². The highest BCUT2D eigenvalue weighted by Crippen LogP contribution is 2.28. The fourth-order valence-electron chi connectivity index (χ4n) is 3.78. The fraction of sp³-hybridized carbons (Fsp3) is 0.435. The Kier molecular flexibility index (Phi) is 7.93. The molecule has 10 heteroatoms. The second-order valence-corrected chi connectivity index (χ2v) is 13.1. The number of benzene rings is 2. The predicted molar refractivity (Wildman–Crippen MR) is 131 cm³/mol. The molecular weight excluding hydrogens is 480 g/mol. The van der Waals surface area contributed by atoms with Crippen molar-refractivity contribution in [2.45, 2.75) is 47.4 Å². The smallest absolute Gasteiger partial charge is 0.255 e. The summed E-state index contributed by atoms with van der Waals surface area (Å²) < 4.78 is 52.1. The van der Waals surface area contributed by atoms with E-state index in [9.17, 15) is 21.6 Å². The summed E-state index contributed by atoms with van der Waals surface area (Å²) in [6.45, 7) is 5.20. The third-order valence-corrected chi connectivity index (χ3v) is 9.39. The van der Waals surface area contributed by atoms with Crippen LogP contribution in [0, 0.1) is 5.92 Å². The number of carbonyl (C=O) groups excluding carboxylic acids is 1. The highest BCUT2D eigenvalue weighted by atomic mass is 32.2. The van der Waals surface area contributed by atoms with Crippen molar-refractivity contribution in [2.75, 3.05) is 25.6 Å². The van der Waals surface area contributed by atoms with Crippen molar-refractivity contribution in [1.29, 1.82) is 0 Å². The monoisotopic (exact) mass is 510 g/mol. The van der Waals surface area contributed by atoms with Crippen LogP contribution in [-0.2, 0) is 19.9 Å². The third kappa shape index (κ3) is 6.17. The van der Waals surface area contributed by atoms with Gasteiger partial charge in [-0.2, -0.15) is 0 Å². The SMILES string of the molecule is CSc1ccc(S(=O)(=O)N[C@H](C)c2ccc(S(C)(=O)=O)cc2)cc1C(=O)N1CCC(C)CC1. The van der Waals surface area contributed by atoms with E-state index in [1.165, 1.54) is 36.0 Å². The number of hydrogen-bond donors (Lipinski definition) is 1. The number of piperidine rings is 1. The fourth-order valence-corrected chi connectivity index (χ4v) is 6.23. The number of carbonyl (C=O) groups is 1. The van der Waals surface area contributed by atoms with Crippen molar-refractivity contribution in [3.8, 4) is 0 Å². The molecule has 1 aliphatic rings. The number of rotatable bonds is 7. The lowest BCUT2D eigenvalue weighted by molar-refractivity contribution is 0.0693. The average Bonchev–Trinajstić information content (AvgIpc) is 2.78. The number of thioether (sulfide) groups is 1. The largest absolute Gasteiger partial charge is 0.339 e. The summed E-state index contributed by atoms with van der Waals surface area (Å²) in [7, 11) is -7.25. The van der Waals surface area contributed by atoms with E-state index in [1.807, 2.05) is 6.26 Å². The summed E-state index contributed by atoms with van der Waals surface area (Å²) in [6, 6.07) is 10.1. The lowest BCUT2D eigenvalue weighted by atomic mass is 9.98. The second kappa shape index (κ2) is 10.2. The molecule has 1 atom stereocenters. The Morgan fingerprint density at radius 3 is 2.15 bits per heavy atom. The van der Waals surface area contributed by atoms with Crippen LogP contribution in [0.15, 0.2) is 57.2 Å². The standard InChI is InChI=1S/C23H30N2O5S3/c1-16-11-13-25(14-12-16)23(26)21-15-20(9-10-22(21)31-3)33(29,30)24-17(2)18-5-7-19(8-6-18)32(4,27)28/h5-10,15-17,24H,11-14H2,1-4H3/t17-/m1/s1. The van der Waals surface area contributed by atoms with Crippen LogP contribution in [-0.4, -0.2) is 53.2 Å². The van der Waals surface area contributed by atoms with Gasteiger partial charge in [-0.15, -0.1) is 11.8 Å². The molecule has 0 saturated carbocycles. The van der Waals surface area contributed by atoms with Crippen LogP contribution in [0.2, 0.25) is 0 Å². The minimum atomic E-state index is -3.91. The molecule has 33 heavy (non-hydrogen) atoms. The summed E-state index contributed by atoms with van der Waals surface area (Å²) in [4.78, 5) is 15.9. The van der Waals surface area contributed by atoms with E-state index in [0.29, 0.717) is 30.1 Å². The molecular formula is C23H30N2O5S3. The Balaban J connectivity index is 1.84. The molecule has 180 valence electrons. The second-order valence-electron chi connectivity index (χ2n) is 8.52. The van der Waals surface area contributed by atoms with Gasteiger partial charge in [-0.05, 0) is 67.8 Å². The number of hydrogen-bond acceptors (Lipinski definition) is 6. The van der Waals surface area contributed by atoms with E-state index in [2.05, 4.69) is 11.6 Å². The molecule has 0 radical (unpaired) electrons. The zero-order chi connectivity index (χ0) is 24.4. The molecule has 0 bridgehead atoms. The minimum absolute atomic E-state index is 0.0219. The number of nitrogens with one attached hydrogen (secondary N) is 1. The molecule has 0 aromatic heterocycles. The maximum Gasteiger partial charge on any atom is 0.255 e. The van der Waals surface area contributed by atoms with Gasteiger partial charge in [0.1, 0.15) is 0 Å². The van der Waals surface area contributed by atoms with Crippen molar-refractivity contribution in [3.63, 3.8) is 0 Å². The minimum Gasteiger partial charge on any atom is -0.339 e. The maximum absolute atomic E-state index is 13.2. The maximum atomic E-state index is 13.2. The van der Waals surface area contributed by atoms with Gasteiger partial charge in [-0.1, -0.05) is 19.1 Å². The van der Waals surface area contributed by atoms with Gasteiger partial charge < -0.3 is 4.90 Å². The molecule has 1 fully saturated rings. The average molecular weight is 511 g/mol. The molecule has 2 aromatic carbocycles. The molecule has 1 saturated heterocycles. The molecule has 0 spiro atoms. The Morgan fingerprint density at radius 1 is 1.03 bits per heavy atom. The van der Waals surface area contributed by atoms with Crippen molar-refractivity contribution in [1.82, 2.24) is 9.62 Å². The summed E-state index contributed by atoms with van der Waals surface area (Å²) in [6.07, 6.45) is 4.86. The molecule has 0 unspecified atom stereocenters. The number of likely N-dealkylation sites (tertiary alicyclic amines) is 1. The van der Waals surface area contributed by atoms with Crippen LogP contribution in [0.5, 0.6) is 0 Å². The van der Waals surface area contributed by atoms with Gasteiger partial charge in [-0.3, -0.25) is 4.79 Å². The van der Waals surface area contributed by atoms with Gasteiger partial charge in [0.25, 0.3) is 5.91 Å². The summed E-state index contributed by atoms with van der Waals surface area (Å²) >= 11 is 1.41. The number of sulfone groups is 1. The first-order valence-electron chi connectivity index (χ1n) is 10.7. The van der Waals surface area contributed by atoms with Crippen LogP contribution < -0.4 is 4.72 Å². The van der Waals surface area contributed by atoms with Crippen molar-refractivity contribution in [3.05, 3.63) is 53.6 Å². The Hall–Kier alpha value is -1.88. The van der Waals surface area contributed by atoms with Gasteiger partial charge in [-0.25, -0.2) is 21.6 Å². The van der Waals surface area contributed by atoms with Gasteiger partial charge in [0.15, 0.2) is 9.84 Å². The van der Waals surface area contributed by atoms with Gasteiger partial charge in [0, 0.05) is 30.3 Å². The molecule has 1 heterocycles. The highest BCUT2D eigenvalue weighted by Gasteiger charge is 2.26. The highest BCUT2D eigenvalue weighted by molar-refractivity contribution is 7.98. The first kappa shape index (κ1) is 25.7. The Labute approximate surface area is 200 Å². The van der Waals surface area contributed by atoms with E-state index in [4.69, 9.17) is 0 Å². The van der Waals surface area contributed by atoms with Crippen LogP contribution in [0.4, 0.5) is 0 Å². The van der Waals surface area contributed by atoms with Crippen molar-refractivity contribution >= 4 is 37.5 Å². The Bertz CT molecular complexity index is 1220. The first-order chi connectivity index (χ1) is 15.4. The lowest BCUT2D eigenvalue weighted by Gasteiger charge is -2.31. The van der Waals surface area contributed by atoms with E-state index in [1.54, 1.807) is 30.0 Å². The number of nitrogens with zero attached hydrogens (tertiary/aromatic N) is 1. The molecule has 0 aliphatic carbocycles. The topological polar surface area (TPSA) is 101 Å². The quantitative estimate of drug-likeness (QED) is 0.570. The summed E-state index contributed by atoms with van der Waals surface area (Å²) in [5.74, 6) is 0.436. The van der Waals surface area contributed by atoms with Gasteiger partial charge in [0.2, 0.25) is 10.0 Å². The van der Waals surface area contributed by atoms with E-state index >= 15 is 0 Å². The zero-order valence-electron chi connectivity index (χ0n) is 19.2. The van der Waals surface area contributed by atoms with E-state index in [0.717, 1.165) is 24.0 Å². The molecule has 3 rings (SSSR count). The lowest BCUT2D eigenvalue weighted by Crippen LogP contribution is -2.38. The van der Waals surface area contributed by atoms with E-state index in [-0.39, 0.29) is 15.7 Å². The predicted octanol–water partition coefficient (Wildman–Crippen LogP) is 3.72. The van der Waals surface area contributed by atoms with E-state index < -0.39 is 25.9 Å². The third-order valence-electron chi connectivity index (χ3n) is 5.92. The summed E-state index contributed by atoms with van der Waals surface area (Å²) in [5.41, 5.74) is 1.02. The zero-order valence-corrected chi connectivity index (χ0v) is 21.7. The molecule has 2 aromatic rings. The molecule has 1 N–H and O–H groups in total. The van der Waals surface area contributed by atoms with Gasteiger partial charge in [0.05, 0.1) is 15.4 Å². The van der Waals surface area contributed by atoms with Crippen LogP contribution in [0.1, 0.15) is 48.7 Å². The normalized spacial score (nSPS) is 16.5. The van der Waals surface area contributed by atoms with Crippen molar-refractivity contribution < 1.29 is 21.6 Å². The summed E-state index contributed by atoms with van der Waals surface area (Å²) in [5, 5.41) is 0. The van der Waals surface area contributed by atoms with Crippen LogP contribution in [0.25, 0.3) is 0 Å². The van der Waals surface area contributed by atoms with Crippen LogP contribution in [0.3, 0.4) is 0 Å². The van der Waals surface area contributed by atoms with Crippen LogP contribution >= 0.6 is 11.8 Å². The number of amides is 1. The molecule has 1 amide bonds. The molecule has 7 nitrogen and oxygen atoms in total. The van der Waals surface area contributed by atoms with Gasteiger partial charge >= 0.3 is 0 Å².